The second kappa shape index (κ2) is 9.53. The van der Waals surface area contributed by atoms with Crippen LogP contribution < -0.4 is 10.9 Å². The van der Waals surface area contributed by atoms with Gasteiger partial charge in [0.2, 0.25) is 5.95 Å². The number of aromatic nitrogens is 2. The summed E-state index contributed by atoms with van der Waals surface area (Å²) in [4.78, 5) is 42.7. The van der Waals surface area contributed by atoms with Crippen molar-refractivity contribution in [2.24, 2.45) is 0 Å². The molecule has 11 nitrogen and oxygen atoms in total. The van der Waals surface area contributed by atoms with Crippen LogP contribution in [0.25, 0.3) is 22.5 Å². The molecule has 1 aromatic heterocycles. The lowest BCUT2D eigenvalue weighted by Gasteiger charge is -2.12. The zero-order valence-electron chi connectivity index (χ0n) is 17.4. The number of carbonyl (C=O) groups excluding carboxylic acids is 1. The molecule has 0 saturated carbocycles. The van der Waals surface area contributed by atoms with Crippen LogP contribution in [0, 0.1) is 20.2 Å². The summed E-state index contributed by atoms with van der Waals surface area (Å²) >= 11 is 0. The average molecular weight is 456 g/mol. The monoisotopic (exact) mass is 456 g/mol. The molecule has 0 saturated heterocycles. The lowest BCUT2D eigenvalue weighted by molar-refractivity contribution is -0.384. The number of nitro benzene ring substituents is 1. The van der Waals surface area contributed by atoms with Crippen LogP contribution in [0.5, 0.6) is 0 Å². The minimum atomic E-state index is -0.598. The topological polar surface area (TPSA) is 153 Å². The summed E-state index contributed by atoms with van der Waals surface area (Å²) in [6.45, 7) is 0. The third-order valence-corrected chi connectivity index (χ3v) is 4.79. The number of hydrogen-bond acceptors (Lipinski definition) is 8. The molecule has 0 bridgehead atoms. The molecular weight excluding hydrogens is 440 g/mol. The van der Waals surface area contributed by atoms with Crippen molar-refractivity contribution in [3.8, 4) is 22.5 Å². The standard InChI is InChI=1S/C23H16N6O5/c30-22(17-11-13-18(14-12-17)28(31)32)26-27-23-24-19(15-7-3-1-4-8-15)21(29(33)34)20(25-23)16-9-5-2-6-10-16/h1-14H,(H,26,30)(H,24,25,27). The Kier molecular flexibility index (Phi) is 6.17. The second-order valence-electron chi connectivity index (χ2n) is 6.97. The lowest BCUT2D eigenvalue weighted by atomic mass is 10.1. The summed E-state index contributed by atoms with van der Waals surface area (Å²) in [6.07, 6.45) is 0. The SMILES string of the molecule is O=C(NNc1nc(-c2ccccc2)c([N+](=O)[O-])c(-c2ccccc2)n1)c1ccc([N+](=O)[O-])cc1. The molecule has 0 spiro atoms. The number of nitrogens with one attached hydrogen (secondary N) is 2. The molecule has 0 aliphatic heterocycles. The third-order valence-electron chi connectivity index (χ3n) is 4.79. The molecule has 0 aliphatic rings. The fourth-order valence-electron chi connectivity index (χ4n) is 3.20. The molecule has 3 aromatic carbocycles. The highest BCUT2D eigenvalue weighted by atomic mass is 16.6. The van der Waals surface area contributed by atoms with Crippen molar-refractivity contribution in [2.45, 2.75) is 0 Å². The number of non-ortho nitro benzene ring substituents is 1. The minimum absolute atomic E-state index is 0.0708. The van der Waals surface area contributed by atoms with Crippen molar-refractivity contribution in [1.29, 1.82) is 0 Å². The van der Waals surface area contributed by atoms with E-state index in [9.17, 15) is 25.0 Å². The fourth-order valence-corrected chi connectivity index (χ4v) is 3.20. The van der Waals surface area contributed by atoms with Crippen molar-refractivity contribution in [2.75, 3.05) is 5.43 Å². The Morgan fingerprint density at radius 1 is 0.706 bits per heavy atom. The third kappa shape index (κ3) is 4.67. The molecule has 0 atom stereocenters. The van der Waals surface area contributed by atoms with Crippen LogP contribution in [0.15, 0.2) is 84.9 Å². The van der Waals surface area contributed by atoms with E-state index < -0.39 is 15.8 Å². The van der Waals surface area contributed by atoms with Crippen LogP contribution in [0.1, 0.15) is 10.4 Å². The molecule has 1 amide bonds. The van der Waals surface area contributed by atoms with Crippen LogP contribution in [0.2, 0.25) is 0 Å². The summed E-state index contributed by atoms with van der Waals surface area (Å²) in [6, 6.07) is 22.2. The molecule has 0 fully saturated rings. The van der Waals surface area contributed by atoms with E-state index in [0.717, 1.165) is 0 Å². The van der Waals surface area contributed by atoms with Gasteiger partial charge in [-0.1, -0.05) is 60.7 Å². The predicted octanol–water partition coefficient (Wildman–Crippen LogP) is 4.38. The maximum absolute atomic E-state index is 12.5. The number of hydrogen-bond donors (Lipinski definition) is 2. The largest absolute Gasteiger partial charge is 0.321 e. The molecule has 4 aromatic rings. The predicted molar refractivity (Wildman–Crippen MR) is 124 cm³/mol. The Balaban J connectivity index is 1.72. The van der Waals surface area contributed by atoms with Crippen molar-refractivity contribution >= 4 is 23.2 Å². The number of nitrogens with zero attached hydrogens (tertiary/aromatic N) is 4. The number of rotatable bonds is 7. The molecule has 0 radical (unpaired) electrons. The maximum atomic E-state index is 12.5. The zero-order chi connectivity index (χ0) is 24.1. The van der Waals surface area contributed by atoms with E-state index in [1.54, 1.807) is 60.7 Å². The first-order valence-corrected chi connectivity index (χ1v) is 9.92. The first-order valence-electron chi connectivity index (χ1n) is 9.92. The molecule has 0 aliphatic carbocycles. The number of nitro groups is 2. The van der Waals surface area contributed by atoms with Gasteiger partial charge in [0.05, 0.1) is 9.85 Å². The van der Waals surface area contributed by atoms with E-state index in [1.807, 2.05) is 0 Å². The molecule has 2 N–H and O–H groups in total. The van der Waals surface area contributed by atoms with E-state index in [2.05, 4.69) is 20.8 Å². The molecule has 0 unspecified atom stereocenters. The van der Waals surface area contributed by atoms with Crippen LogP contribution >= 0.6 is 0 Å². The zero-order valence-corrected chi connectivity index (χ0v) is 17.4. The highest BCUT2D eigenvalue weighted by Gasteiger charge is 2.27. The summed E-state index contributed by atoms with van der Waals surface area (Å²) < 4.78 is 0. The van der Waals surface area contributed by atoms with Crippen molar-refractivity contribution < 1.29 is 14.6 Å². The fraction of sp³-hybridized carbons (Fsp3) is 0. The van der Waals surface area contributed by atoms with Crippen molar-refractivity contribution in [3.63, 3.8) is 0 Å². The molecule has 4 rings (SSSR count). The van der Waals surface area contributed by atoms with Gasteiger partial charge in [-0.05, 0) is 12.1 Å². The summed E-state index contributed by atoms with van der Waals surface area (Å²) in [7, 11) is 0. The Bertz CT molecular complexity index is 1300. The van der Waals surface area contributed by atoms with E-state index in [1.165, 1.54) is 24.3 Å². The number of anilines is 1. The van der Waals surface area contributed by atoms with Crippen LogP contribution in [-0.2, 0) is 0 Å². The van der Waals surface area contributed by atoms with Crippen molar-refractivity contribution in [1.82, 2.24) is 15.4 Å². The Hall–Kier alpha value is -5.19. The van der Waals surface area contributed by atoms with E-state index in [0.29, 0.717) is 11.1 Å². The number of carbonyl (C=O) groups is 1. The molecule has 34 heavy (non-hydrogen) atoms. The van der Waals surface area contributed by atoms with Gasteiger partial charge < -0.3 is 0 Å². The first-order chi connectivity index (χ1) is 16.4. The highest BCUT2D eigenvalue weighted by Crippen LogP contribution is 2.36. The number of amides is 1. The smallest absolute Gasteiger partial charge is 0.267 e. The molecule has 11 heteroatoms. The minimum Gasteiger partial charge on any atom is -0.267 e. The van der Waals surface area contributed by atoms with E-state index >= 15 is 0 Å². The highest BCUT2D eigenvalue weighted by molar-refractivity contribution is 5.95. The lowest BCUT2D eigenvalue weighted by Crippen LogP contribution is -2.30. The van der Waals surface area contributed by atoms with Gasteiger partial charge in [0.25, 0.3) is 11.6 Å². The number of benzene rings is 3. The van der Waals surface area contributed by atoms with Gasteiger partial charge in [0.1, 0.15) is 0 Å². The average Bonchev–Trinajstić information content (AvgIpc) is 2.87. The quantitative estimate of drug-likeness (QED) is 0.307. The molecular formula is C23H16N6O5. The molecule has 1 heterocycles. The summed E-state index contributed by atoms with van der Waals surface area (Å²) in [5, 5.41) is 22.8. The van der Waals surface area contributed by atoms with Crippen molar-refractivity contribution in [3.05, 3.63) is 111 Å². The normalized spacial score (nSPS) is 10.4. The van der Waals surface area contributed by atoms with Gasteiger partial charge in [0.15, 0.2) is 11.4 Å². The van der Waals surface area contributed by atoms with Crippen LogP contribution in [-0.4, -0.2) is 25.7 Å². The number of hydrazine groups is 1. The Morgan fingerprint density at radius 2 is 1.21 bits per heavy atom. The first kappa shape index (κ1) is 22.0. The van der Waals surface area contributed by atoms with Gasteiger partial charge in [-0.25, -0.2) is 9.97 Å². The Morgan fingerprint density at radius 3 is 1.65 bits per heavy atom. The van der Waals surface area contributed by atoms with E-state index in [-0.39, 0.29) is 34.3 Å². The van der Waals surface area contributed by atoms with Gasteiger partial charge in [-0.15, -0.1) is 0 Å². The van der Waals surface area contributed by atoms with Crippen LogP contribution in [0.4, 0.5) is 17.3 Å². The molecule has 168 valence electrons. The summed E-state index contributed by atoms with van der Waals surface area (Å²) in [5.74, 6) is -0.669. The van der Waals surface area contributed by atoms with Gasteiger partial charge in [-0.3, -0.25) is 35.9 Å². The van der Waals surface area contributed by atoms with Gasteiger partial charge >= 0.3 is 5.69 Å². The maximum Gasteiger partial charge on any atom is 0.321 e. The second-order valence-corrected chi connectivity index (χ2v) is 6.97. The van der Waals surface area contributed by atoms with Crippen LogP contribution in [0.3, 0.4) is 0 Å². The van der Waals surface area contributed by atoms with Gasteiger partial charge in [-0.2, -0.15) is 0 Å². The summed E-state index contributed by atoms with van der Waals surface area (Å²) in [5.41, 5.74) is 5.89. The van der Waals surface area contributed by atoms with E-state index in [4.69, 9.17) is 0 Å². The Labute approximate surface area is 192 Å². The van der Waals surface area contributed by atoms with Gasteiger partial charge in [0, 0.05) is 28.8 Å².